The third kappa shape index (κ3) is 2.45. The van der Waals surface area contributed by atoms with Gasteiger partial charge in [-0.3, -0.25) is 0 Å². The van der Waals surface area contributed by atoms with E-state index in [1.165, 1.54) is 0 Å². The van der Waals surface area contributed by atoms with Crippen LogP contribution in [-0.4, -0.2) is 4.98 Å². The maximum absolute atomic E-state index is 6.11. The van der Waals surface area contributed by atoms with Gasteiger partial charge in [-0.1, -0.05) is 41.9 Å². The third-order valence-corrected chi connectivity index (χ3v) is 4.01. The van der Waals surface area contributed by atoms with Gasteiger partial charge in [-0.05, 0) is 36.4 Å². The molecular weight excluding hydrogens is 308 g/mol. The number of para-hydroxylation sites is 2. The molecule has 2 N–H and O–H groups in total. The lowest BCUT2D eigenvalue weighted by atomic mass is 10.0. The van der Waals surface area contributed by atoms with Crippen molar-refractivity contribution in [2.45, 2.75) is 0 Å². The number of rotatable bonds is 2. The molecule has 3 aromatic carbocycles. The van der Waals surface area contributed by atoms with Crippen molar-refractivity contribution in [3.8, 4) is 22.6 Å². The standard InChI is InChI=1S/C19H13ClN2O/c20-13-10-8-12(9-11-13)19-22-18-15(5-3-7-17(18)23-19)14-4-1-2-6-16(14)21/h1-11H,21H2. The van der Waals surface area contributed by atoms with E-state index < -0.39 is 0 Å². The number of oxazole rings is 1. The first-order valence-corrected chi connectivity index (χ1v) is 7.60. The van der Waals surface area contributed by atoms with Gasteiger partial charge in [0.2, 0.25) is 5.89 Å². The van der Waals surface area contributed by atoms with Gasteiger partial charge < -0.3 is 10.2 Å². The fourth-order valence-corrected chi connectivity index (χ4v) is 2.75. The Balaban J connectivity index is 1.91. The summed E-state index contributed by atoms with van der Waals surface area (Å²) in [6.07, 6.45) is 0. The predicted molar refractivity (Wildman–Crippen MR) is 94.3 cm³/mol. The molecule has 112 valence electrons. The maximum atomic E-state index is 6.11. The highest BCUT2D eigenvalue weighted by molar-refractivity contribution is 6.30. The number of anilines is 1. The second-order valence-corrected chi connectivity index (χ2v) is 5.70. The Morgan fingerprint density at radius 3 is 2.35 bits per heavy atom. The van der Waals surface area contributed by atoms with Crippen LogP contribution in [0.3, 0.4) is 0 Å². The molecule has 0 bridgehead atoms. The lowest BCUT2D eigenvalue weighted by Crippen LogP contribution is -1.89. The van der Waals surface area contributed by atoms with Crippen LogP contribution in [0.5, 0.6) is 0 Å². The van der Waals surface area contributed by atoms with Crippen molar-refractivity contribution >= 4 is 28.4 Å². The molecule has 0 amide bonds. The van der Waals surface area contributed by atoms with Crippen molar-refractivity contribution in [2.24, 2.45) is 0 Å². The molecule has 1 heterocycles. The SMILES string of the molecule is Nc1ccccc1-c1cccc2oc(-c3ccc(Cl)cc3)nc12. The van der Waals surface area contributed by atoms with Crippen LogP contribution in [0.15, 0.2) is 71.1 Å². The Labute approximate surface area is 138 Å². The topological polar surface area (TPSA) is 52.0 Å². The molecule has 23 heavy (non-hydrogen) atoms. The number of hydrogen-bond acceptors (Lipinski definition) is 3. The highest BCUT2D eigenvalue weighted by atomic mass is 35.5. The average molecular weight is 321 g/mol. The largest absolute Gasteiger partial charge is 0.436 e. The van der Waals surface area contributed by atoms with E-state index in [0.717, 1.165) is 33.5 Å². The average Bonchev–Trinajstić information content (AvgIpc) is 3.00. The fourth-order valence-electron chi connectivity index (χ4n) is 2.62. The minimum Gasteiger partial charge on any atom is -0.436 e. The van der Waals surface area contributed by atoms with Crippen LogP contribution in [0, 0.1) is 0 Å². The van der Waals surface area contributed by atoms with Gasteiger partial charge in [-0.15, -0.1) is 0 Å². The summed E-state index contributed by atoms with van der Waals surface area (Å²) in [5.74, 6) is 0.568. The van der Waals surface area contributed by atoms with Crippen molar-refractivity contribution in [1.29, 1.82) is 0 Å². The van der Waals surface area contributed by atoms with Gasteiger partial charge in [-0.2, -0.15) is 0 Å². The monoisotopic (exact) mass is 320 g/mol. The molecule has 0 aliphatic heterocycles. The number of benzene rings is 3. The van der Waals surface area contributed by atoms with Crippen LogP contribution in [0.2, 0.25) is 5.02 Å². The first-order chi connectivity index (χ1) is 11.2. The zero-order valence-electron chi connectivity index (χ0n) is 12.2. The molecule has 4 heteroatoms. The van der Waals surface area contributed by atoms with Gasteiger partial charge in [0.15, 0.2) is 5.58 Å². The van der Waals surface area contributed by atoms with Crippen LogP contribution < -0.4 is 5.73 Å². The van der Waals surface area contributed by atoms with Crippen LogP contribution in [-0.2, 0) is 0 Å². The zero-order chi connectivity index (χ0) is 15.8. The molecule has 0 unspecified atom stereocenters. The number of hydrogen-bond donors (Lipinski definition) is 1. The molecular formula is C19H13ClN2O. The number of aromatic nitrogens is 1. The van der Waals surface area contributed by atoms with E-state index in [2.05, 4.69) is 4.98 Å². The van der Waals surface area contributed by atoms with Crippen LogP contribution >= 0.6 is 11.6 Å². The molecule has 4 rings (SSSR count). The third-order valence-electron chi connectivity index (χ3n) is 3.76. The molecule has 3 nitrogen and oxygen atoms in total. The smallest absolute Gasteiger partial charge is 0.227 e. The molecule has 0 fully saturated rings. The van der Waals surface area contributed by atoms with Gasteiger partial charge in [0.1, 0.15) is 5.52 Å². The van der Waals surface area contributed by atoms with Crippen LogP contribution in [0.4, 0.5) is 5.69 Å². The Kier molecular flexibility index (Phi) is 3.28. The van der Waals surface area contributed by atoms with E-state index in [1.54, 1.807) is 0 Å². The molecule has 4 aromatic rings. The zero-order valence-corrected chi connectivity index (χ0v) is 12.9. The van der Waals surface area contributed by atoms with Gasteiger partial charge in [0.25, 0.3) is 0 Å². The Morgan fingerprint density at radius 2 is 1.57 bits per heavy atom. The molecule has 0 saturated carbocycles. The van der Waals surface area contributed by atoms with Gasteiger partial charge in [0.05, 0.1) is 0 Å². The van der Waals surface area contributed by atoms with E-state index in [1.807, 2.05) is 66.7 Å². The van der Waals surface area contributed by atoms with Crippen molar-refractivity contribution in [1.82, 2.24) is 4.98 Å². The summed E-state index contributed by atoms with van der Waals surface area (Å²) in [7, 11) is 0. The molecule has 0 spiro atoms. The van der Waals surface area contributed by atoms with Crippen LogP contribution in [0.1, 0.15) is 0 Å². The molecule has 0 aliphatic carbocycles. The highest BCUT2D eigenvalue weighted by Gasteiger charge is 2.13. The lowest BCUT2D eigenvalue weighted by molar-refractivity contribution is 0.620. The van der Waals surface area contributed by atoms with Crippen molar-refractivity contribution < 1.29 is 4.42 Å². The van der Waals surface area contributed by atoms with Gasteiger partial charge >= 0.3 is 0 Å². The maximum Gasteiger partial charge on any atom is 0.227 e. The second-order valence-electron chi connectivity index (χ2n) is 5.27. The molecule has 0 aliphatic rings. The van der Waals surface area contributed by atoms with Crippen molar-refractivity contribution in [3.63, 3.8) is 0 Å². The van der Waals surface area contributed by atoms with Crippen molar-refractivity contribution in [3.05, 3.63) is 71.8 Å². The Hall–Kier alpha value is -2.78. The second kappa shape index (κ2) is 5.45. The van der Waals surface area contributed by atoms with E-state index in [-0.39, 0.29) is 0 Å². The number of nitrogens with zero attached hydrogens (tertiary/aromatic N) is 1. The summed E-state index contributed by atoms with van der Waals surface area (Å²) in [4.78, 5) is 4.66. The van der Waals surface area contributed by atoms with E-state index in [0.29, 0.717) is 10.9 Å². The Morgan fingerprint density at radius 1 is 0.826 bits per heavy atom. The van der Waals surface area contributed by atoms with Crippen LogP contribution in [0.25, 0.3) is 33.7 Å². The number of nitrogens with two attached hydrogens (primary N) is 1. The van der Waals surface area contributed by atoms with Gasteiger partial charge in [-0.25, -0.2) is 4.98 Å². The van der Waals surface area contributed by atoms with E-state index in [4.69, 9.17) is 21.8 Å². The predicted octanol–water partition coefficient (Wildman–Crippen LogP) is 5.40. The highest BCUT2D eigenvalue weighted by Crippen LogP contribution is 2.34. The minimum absolute atomic E-state index is 0.568. The Bertz CT molecular complexity index is 990. The first-order valence-electron chi connectivity index (χ1n) is 7.23. The number of halogens is 1. The lowest BCUT2D eigenvalue weighted by Gasteiger charge is -2.05. The summed E-state index contributed by atoms with van der Waals surface area (Å²) >= 11 is 5.94. The minimum atomic E-state index is 0.568. The van der Waals surface area contributed by atoms with E-state index in [9.17, 15) is 0 Å². The molecule has 0 radical (unpaired) electrons. The molecule has 0 atom stereocenters. The summed E-state index contributed by atoms with van der Waals surface area (Å²) in [5, 5.41) is 0.683. The number of nitrogen functional groups attached to an aromatic ring is 1. The summed E-state index contributed by atoms with van der Waals surface area (Å²) in [6, 6.07) is 21.0. The summed E-state index contributed by atoms with van der Waals surface area (Å²) < 4.78 is 5.90. The number of fused-ring (bicyclic) bond motifs is 1. The van der Waals surface area contributed by atoms with E-state index >= 15 is 0 Å². The quantitative estimate of drug-likeness (QED) is 0.503. The molecule has 0 saturated heterocycles. The normalized spacial score (nSPS) is 11.0. The fraction of sp³-hybridized carbons (Fsp3) is 0. The summed E-state index contributed by atoms with van der Waals surface area (Å²) in [6.45, 7) is 0. The molecule has 1 aromatic heterocycles. The van der Waals surface area contributed by atoms with Crippen molar-refractivity contribution in [2.75, 3.05) is 5.73 Å². The summed E-state index contributed by atoms with van der Waals surface area (Å²) in [5.41, 5.74) is 11.2. The first kappa shape index (κ1) is 13.9. The van der Waals surface area contributed by atoms with Gasteiger partial charge in [0, 0.05) is 27.4 Å².